The van der Waals surface area contributed by atoms with E-state index in [1.165, 1.54) is 12.3 Å². The number of rotatable bonds is 3. The third-order valence-corrected chi connectivity index (χ3v) is 3.32. The van der Waals surface area contributed by atoms with Gasteiger partial charge in [-0.1, -0.05) is 11.3 Å². The number of carbonyl (C=O) groups is 3. The zero-order valence-electron chi connectivity index (χ0n) is 9.33. The minimum Gasteiger partial charge on any atom is -0.478 e. The van der Waals surface area contributed by atoms with Crippen LogP contribution in [0, 0.1) is 0 Å². The van der Waals surface area contributed by atoms with E-state index in [1.54, 1.807) is 0 Å². The normalized spacial score (nSPS) is 16.6. The molecule has 1 N–H and O–H groups in total. The fourth-order valence-corrected chi connectivity index (χ4v) is 2.43. The van der Waals surface area contributed by atoms with Crippen molar-refractivity contribution in [3.05, 3.63) is 17.2 Å². The van der Waals surface area contributed by atoms with Gasteiger partial charge in [0, 0.05) is 30.0 Å². The first-order chi connectivity index (χ1) is 8.58. The zero-order chi connectivity index (χ0) is 13.1. The molecule has 2 rings (SSSR count). The van der Waals surface area contributed by atoms with Gasteiger partial charge in [0.1, 0.15) is 0 Å². The number of imide groups is 1. The van der Waals surface area contributed by atoms with Gasteiger partial charge in [-0.25, -0.2) is 14.7 Å². The molecule has 1 aliphatic heterocycles. The summed E-state index contributed by atoms with van der Waals surface area (Å²) >= 11 is 1.11. The van der Waals surface area contributed by atoms with Crippen LogP contribution in [0.3, 0.4) is 0 Å². The molecule has 94 valence electrons. The van der Waals surface area contributed by atoms with Crippen molar-refractivity contribution in [1.82, 2.24) is 4.98 Å². The van der Waals surface area contributed by atoms with Crippen molar-refractivity contribution in [2.24, 2.45) is 0 Å². The van der Waals surface area contributed by atoms with E-state index in [1.807, 2.05) is 0 Å². The van der Waals surface area contributed by atoms with Crippen LogP contribution in [0.4, 0.5) is 5.13 Å². The summed E-state index contributed by atoms with van der Waals surface area (Å²) < 4.78 is 0. The summed E-state index contributed by atoms with van der Waals surface area (Å²) in [5, 5.41) is 8.79. The van der Waals surface area contributed by atoms with Crippen LogP contribution in [0.2, 0.25) is 0 Å². The van der Waals surface area contributed by atoms with E-state index >= 15 is 0 Å². The Morgan fingerprint density at radius 1 is 1.39 bits per heavy atom. The first-order valence-corrected chi connectivity index (χ1v) is 6.12. The molecule has 0 bridgehead atoms. The van der Waals surface area contributed by atoms with Gasteiger partial charge in [0.2, 0.25) is 11.8 Å². The van der Waals surface area contributed by atoms with Gasteiger partial charge < -0.3 is 5.11 Å². The molecule has 0 saturated carbocycles. The van der Waals surface area contributed by atoms with Crippen molar-refractivity contribution < 1.29 is 19.5 Å². The fourth-order valence-electron chi connectivity index (χ4n) is 1.58. The molecule has 1 aromatic heterocycles. The van der Waals surface area contributed by atoms with Crippen molar-refractivity contribution in [3.8, 4) is 0 Å². The van der Waals surface area contributed by atoms with Crippen molar-refractivity contribution >= 4 is 40.3 Å². The Hall–Kier alpha value is -2.02. The predicted octanol–water partition coefficient (Wildman–Crippen LogP) is 1.28. The molecular weight excluding hydrogens is 256 g/mol. The van der Waals surface area contributed by atoms with E-state index in [0.717, 1.165) is 22.3 Å². The SMILES string of the molecule is O=C(O)/C=C/c1cnc(N2C(=O)CCCC2=O)s1. The molecule has 0 atom stereocenters. The third-order valence-electron chi connectivity index (χ3n) is 2.37. The van der Waals surface area contributed by atoms with E-state index in [2.05, 4.69) is 4.98 Å². The molecule has 1 fully saturated rings. The standard InChI is InChI=1S/C11H10N2O4S/c14-8-2-1-3-9(15)13(8)11-12-6-7(18-11)4-5-10(16)17/h4-6H,1-3H2,(H,16,17)/b5-4+. The average molecular weight is 266 g/mol. The van der Waals surface area contributed by atoms with Gasteiger partial charge in [-0.3, -0.25) is 9.59 Å². The molecule has 1 saturated heterocycles. The average Bonchev–Trinajstić information content (AvgIpc) is 2.75. The Kier molecular flexibility index (Phi) is 3.52. The summed E-state index contributed by atoms with van der Waals surface area (Å²) in [6, 6.07) is 0. The predicted molar refractivity (Wildman–Crippen MR) is 65.1 cm³/mol. The summed E-state index contributed by atoms with van der Waals surface area (Å²) in [6.07, 6.45) is 5.05. The molecule has 0 aromatic carbocycles. The number of aliphatic carboxylic acids is 1. The lowest BCUT2D eigenvalue weighted by Gasteiger charge is -2.21. The molecule has 0 spiro atoms. The second-order valence-corrected chi connectivity index (χ2v) is 4.73. The Balaban J connectivity index is 2.21. The van der Waals surface area contributed by atoms with E-state index in [4.69, 9.17) is 5.11 Å². The number of carboxylic acids is 1. The monoisotopic (exact) mass is 266 g/mol. The molecule has 0 aliphatic carbocycles. The van der Waals surface area contributed by atoms with Crippen LogP contribution in [0.1, 0.15) is 24.1 Å². The van der Waals surface area contributed by atoms with Crippen LogP contribution in [-0.2, 0) is 14.4 Å². The second kappa shape index (κ2) is 5.09. The first kappa shape index (κ1) is 12.4. The number of aromatic nitrogens is 1. The Morgan fingerprint density at radius 2 is 2.06 bits per heavy atom. The van der Waals surface area contributed by atoms with Crippen LogP contribution in [-0.4, -0.2) is 27.9 Å². The lowest BCUT2D eigenvalue weighted by molar-refractivity contribution is -0.131. The number of hydrogen-bond donors (Lipinski definition) is 1. The maximum atomic E-state index is 11.6. The molecule has 1 aliphatic rings. The van der Waals surface area contributed by atoms with Crippen LogP contribution in [0.15, 0.2) is 12.3 Å². The van der Waals surface area contributed by atoms with Gasteiger partial charge in [-0.05, 0) is 12.5 Å². The summed E-state index contributed by atoms with van der Waals surface area (Å²) in [5.41, 5.74) is 0. The molecular formula is C11H10N2O4S. The highest BCUT2D eigenvalue weighted by atomic mass is 32.1. The van der Waals surface area contributed by atoms with Gasteiger partial charge in [0.25, 0.3) is 0 Å². The van der Waals surface area contributed by atoms with Crippen LogP contribution < -0.4 is 4.90 Å². The Bertz CT molecular complexity index is 519. The molecule has 7 heteroatoms. The van der Waals surface area contributed by atoms with E-state index in [9.17, 15) is 14.4 Å². The molecule has 6 nitrogen and oxygen atoms in total. The molecule has 0 unspecified atom stereocenters. The van der Waals surface area contributed by atoms with E-state index in [-0.39, 0.29) is 11.8 Å². The van der Waals surface area contributed by atoms with Crippen LogP contribution in [0.25, 0.3) is 6.08 Å². The fraction of sp³-hybridized carbons (Fsp3) is 0.273. The zero-order valence-corrected chi connectivity index (χ0v) is 10.1. The van der Waals surface area contributed by atoms with Gasteiger partial charge in [0.05, 0.1) is 0 Å². The lowest BCUT2D eigenvalue weighted by atomic mass is 10.1. The lowest BCUT2D eigenvalue weighted by Crippen LogP contribution is -2.40. The number of carbonyl (C=O) groups excluding carboxylic acids is 2. The Morgan fingerprint density at radius 3 is 2.67 bits per heavy atom. The van der Waals surface area contributed by atoms with E-state index < -0.39 is 5.97 Å². The third kappa shape index (κ3) is 2.62. The van der Waals surface area contributed by atoms with Gasteiger partial charge in [0.15, 0.2) is 5.13 Å². The molecule has 2 amide bonds. The minimum absolute atomic E-state index is 0.255. The maximum absolute atomic E-state index is 11.6. The highest BCUT2D eigenvalue weighted by molar-refractivity contribution is 7.16. The van der Waals surface area contributed by atoms with Crippen LogP contribution >= 0.6 is 11.3 Å². The molecule has 0 radical (unpaired) electrons. The number of carboxylic acid groups (broad SMARTS) is 1. The topological polar surface area (TPSA) is 87.6 Å². The van der Waals surface area contributed by atoms with Crippen molar-refractivity contribution in [1.29, 1.82) is 0 Å². The number of piperidine rings is 1. The number of nitrogens with zero attached hydrogens (tertiary/aromatic N) is 2. The Labute approximate surface area is 107 Å². The summed E-state index contributed by atoms with van der Waals surface area (Å²) in [6.45, 7) is 0. The summed E-state index contributed by atoms with van der Waals surface area (Å²) in [5.74, 6) is -1.57. The minimum atomic E-state index is -1.06. The maximum Gasteiger partial charge on any atom is 0.328 e. The number of anilines is 1. The van der Waals surface area contributed by atoms with Crippen molar-refractivity contribution in [2.75, 3.05) is 4.90 Å². The second-order valence-electron chi connectivity index (χ2n) is 3.69. The highest BCUT2D eigenvalue weighted by Crippen LogP contribution is 2.27. The summed E-state index contributed by atoms with van der Waals surface area (Å²) in [7, 11) is 0. The van der Waals surface area contributed by atoms with Crippen molar-refractivity contribution in [3.63, 3.8) is 0 Å². The van der Waals surface area contributed by atoms with Gasteiger partial charge in [-0.2, -0.15) is 0 Å². The largest absolute Gasteiger partial charge is 0.478 e. The van der Waals surface area contributed by atoms with Crippen LogP contribution in [0.5, 0.6) is 0 Å². The molecule has 1 aromatic rings. The molecule has 18 heavy (non-hydrogen) atoms. The number of amides is 2. The van der Waals surface area contributed by atoms with Gasteiger partial charge >= 0.3 is 5.97 Å². The highest BCUT2D eigenvalue weighted by Gasteiger charge is 2.29. The van der Waals surface area contributed by atoms with E-state index in [0.29, 0.717) is 29.3 Å². The smallest absolute Gasteiger partial charge is 0.328 e. The van der Waals surface area contributed by atoms with Gasteiger partial charge in [-0.15, -0.1) is 0 Å². The quantitative estimate of drug-likeness (QED) is 0.657. The van der Waals surface area contributed by atoms with Crippen molar-refractivity contribution in [2.45, 2.75) is 19.3 Å². The number of thiazole rings is 1. The molecule has 2 heterocycles. The summed E-state index contributed by atoms with van der Waals surface area (Å²) in [4.78, 5) is 39.3. The number of hydrogen-bond acceptors (Lipinski definition) is 5. The first-order valence-electron chi connectivity index (χ1n) is 5.30.